The van der Waals surface area contributed by atoms with Crippen LogP contribution >= 0.6 is 25.5 Å². The zero-order valence-electron chi connectivity index (χ0n) is 10.1. The van der Waals surface area contributed by atoms with E-state index in [-0.39, 0.29) is 9.90 Å². The molecule has 0 rings (SSSR count). The van der Waals surface area contributed by atoms with Gasteiger partial charge in [0.05, 0.1) is 19.8 Å². The molecule has 0 aromatic carbocycles. The summed E-state index contributed by atoms with van der Waals surface area (Å²) in [5, 5.41) is 0. The van der Waals surface area contributed by atoms with Gasteiger partial charge in [0.2, 0.25) is 0 Å². The molecule has 11 heteroatoms. The molecule has 8 nitrogen and oxygen atoms in total. The van der Waals surface area contributed by atoms with Crippen LogP contribution in [0.1, 0.15) is 20.8 Å². The van der Waals surface area contributed by atoms with Crippen molar-refractivity contribution in [1.82, 2.24) is 0 Å². The first-order chi connectivity index (χ1) is 7.18. The molecule has 0 bridgehead atoms. The van der Waals surface area contributed by atoms with E-state index in [1.54, 1.807) is 20.8 Å². The van der Waals surface area contributed by atoms with Crippen LogP contribution in [0.3, 0.4) is 0 Å². The van der Waals surface area contributed by atoms with Crippen LogP contribution in [0.5, 0.6) is 0 Å². The third-order valence-electron chi connectivity index (χ3n) is 0.862. The summed E-state index contributed by atoms with van der Waals surface area (Å²) in [6, 6.07) is 0. The van der Waals surface area contributed by atoms with Gasteiger partial charge in [0, 0.05) is 0 Å². The smallest absolute Gasteiger partial charge is 0.303 e. The lowest BCUT2D eigenvalue weighted by Crippen LogP contribution is -1.99. The Morgan fingerprint density at radius 2 is 1.00 bits per heavy atom. The van der Waals surface area contributed by atoms with E-state index >= 15 is 0 Å². The van der Waals surface area contributed by atoms with Crippen molar-refractivity contribution in [2.45, 2.75) is 20.8 Å². The van der Waals surface area contributed by atoms with E-state index in [0.29, 0.717) is 19.8 Å². The lowest BCUT2D eigenvalue weighted by Gasteiger charge is -2.14. The molecule has 17 heavy (non-hydrogen) atoms. The molecule has 0 aromatic rings. The van der Waals surface area contributed by atoms with Crippen molar-refractivity contribution >= 4 is 25.5 Å². The Morgan fingerprint density at radius 1 is 0.824 bits per heavy atom. The fraction of sp³-hybridized carbons (Fsp3) is 1.00. The second-order valence-electron chi connectivity index (χ2n) is 2.21. The zero-order valence-corrected chi connectivity index (χ0v) is 13.3. The Labute approximate surface area is 104 Å². The highest BCUT2D eigenvalue weighted by Crippen LogP contribution is 2.48. The lowest BCUT2D eigenvalue weighted by atomic mass is 10.9. The largest absolute Gasteiger partial charge is 0.474 e. The van der Waals surface area contributed by atoms with Gasteiger partial charge in [0.15, 0.2) is 0 Å². The van der Waals surface area contributed by atoms with Crippen molar-refractivity contribution in [3.8, 4) is 0 Å². The maximum atomic E-state index is 11.3. The highest BCUT2D eigenvalue weighted by atomic mass is 31.2. The van der Waals surface area contributed by atoms with Gasteiger partial charge in [0.1, 0.15) is 0 Å². The molecule has 0 saturated heterocycles. The van der Waals surface area contributed by atoms with Gasteiger partial charge in [-0.2, -0.15) is 9.90 Å². The third-order valence-corrected chi connectivity index (χ3v) is 2.58. The average molecular weight is 314 g/mol. The quantitative estimate of drug-likeness (QED) is 0.628. The van der Waals surface area contributed by atoms with Crippen LogP contribution in [0.4, 0.5) is 0 Å². The van der Waals surface area contributed by atoms with Crippen molar-refractivity contribution in [2.24, 2.45) is 0 Å². The minimum Gasteiger partial charge on any atom is -0.303 e. The first-order valence-corrected chi connectivity index (χ1v) is 7.53. The highest BCUT2D eigenvalue weighted by Gasteiger charge is 2.23. The Balaban J connectivity index is -0.000000280. The van der Waals surface area contributed by atoms with Crippen molar-refractivity contribution in [3.63, 3.8) is 0 Å². The summed E-state index contributed by atoms with van der Waals surface area (Å²) in [5.74, 6) is 0. The Morgan fingerprint density at radius 3 is 1.12 bits per heavy atom. The lowest BCUT2D eigenvalue weighted by molar-refractivity contribution is 0.126. The number of rotatable bonds is 6. The normalized spacial score (nSPS) is 11.2. The molecule has 1 atom stereocenters. The number of phosphoric ester groups is 1. The SMILES string of the molecule is CCOP(=O)(OCC)OCC.O=P(O)(O)O.P. The second kappa shape index (κ2) is 11.7. The van der Waals surface area contributed by atoms with Gasteiger partial charge in [-0.25, -0.2) is 9.13 Å². The summed E-state index contributed by atoms with van der Waals surface area (Å²) in [5.41, 5.74) is 0. The van der Waals surface area contributed by atoms with Gasteiger partial charge in [-0.3, -0.25) is 13.6 Å². The van der Waals surface area contributed by atoms with Crippen LogP contribution in [-0.2, 0) is 22.7 Å². The van der Waals surface area contributed by atoms with Crippen molar-refractivity contribution in [1.29, 1.82) is 0 Å². The Kier molecular flexibility index (Phi) is 15.7. The van der Waals surface area contributed by atoms with Crippen molar-refractivity contribution in [3.05, 3.63) is 0 Å². The summed E-state index contributed by atoms with van der Waals surface area (Å²) in [6.45, 7) is 6.21. The molecular formula is C6H21O8P3. The summed E-state index contributed by atoms with van der Waals surface area (Å²) in [6.07, 6.45) is 0. The predicted octanol–water partition coefficient (Wildman–Crippen LogP) is 1.33. The topological polar surface area (TPSA) is 123 Å². The van der Waals surface area contributed by atoms with Gasteiger partial charge in [0.25, 0.3) is 0 Å². The van der Waals surface area contributed by atoms with Crippen molar-refractivity contribution in [2.75, 3.05) is 19.8 Å². The fourth-order valence-corrected chi connectivity index (χ4v) is 1.76. The third kappa shape index (κ3) is 22.3. The van der Waals surface area contributed by atoms with E-state index < -0.39 is 15.6 Å². The molecule has 0 radical (unpaired) electrons. The molecule has 3 N–H and O–H groups in total. The van der Waals surface area contributed by atoms with Crippen LogP contribution in [0.2, 0.25) is 0 Å². The Hall–Kier alpha value is 0.650. The predicted molar refractivity (Wildman–Crippen MR) is 67.9 cm³/mol. The summed E-state index contributed by atoms with van der Waals surface area (Å²) in [4.78, 5) is 21.6. The molecular weight excluding hydrogens is 293 g/mol. The number of hydrogen-bond acceptors (Lipinski definition) is 5. The minimum atomic E-state index is -4.64. The molecule has 1 unspecified atom stereocenters. The molecule has 0 aliphatic heterocycles. The van der Waals surface area contributed by atoms with E-state index in [1.807, 2.05) is 0 Å². The number of phosphoric acid groups is 2. The van der Waals surface area contributed by atoms with Crippen molar-refractivity contribution < 1.29 is 37.4 Å². The maximum Gasteiger partial charge on any atom is 0.474 e. The highest BCUT2D eigenvalue weighted by molar-refractivity contribution is 7.48. The van der Waals surface area contributed by atoms with E-state index in [4.69, 9.17) is 32.8 Å². The van der Waals surface area contributed by atoms with Gasteiger partial charge in [-0.1, -0.05) is 0 Å². The second-order valence-corrected chi connectivity index (χ2v) is 4.91. The average Bonchev–Trinajstić information content (AvgIpc) is 2.01. The molecule has 0 heterocycles. The van der Waals surface area contributed by atoms with Crippen LogP contribution in [0.15, 0.2) is 0 Å². The summed E-state index contributed by atoms with van der Waals surface area (Å²) >= 11 is 0. The molecule has 0 aliphatic rings. The minimum absolute atomic E-state index is 0. The first-order valence-electron chi connectivity index (χ1n) is 4.50. The van der Waals surface area contributed by atoms with E-state index in [9.17, 15) is 4.57 Å². The standard InChI is InChI=1S/C6H15O4P.H3O4P.H3P/c1-4-8-11(7,9-5-2)10-6-3;1-5(2,3)4;/h4-6H2,1-3H3;(H3,1,2,3,4);1H3. The van der Waals surface area contributed by atoms with Crippen LogP contribution in [0.25, 0.3) is 0 Å². The summed E-state index contributed by atoms with van der Waals surface area (Å²) < 4.78 is 34.7. The van der Waals surface area contributed by atoms with Crippen LogP contribution < -0.4 is 0 Å². The molecule has 0 saturated carbocycles. The van der Waals surface area contributed by atoms with Crippen LogP contribution in [0, 0.1) is 0 Å². The molecule has 0 spiro atoms. The monoisotopic (exact) mass is 314 g/mol. The Bertz CT molecular complexity index is 220. The molecule has 108 valence electrons. The molecule has 0 aliphatic carbocycles. The number of hydrogen-bond donors (Lipinski definition) is 3. The van der Waals surface area contributed by atoms with E-state index in [1.165, 1.54) is 0 Å². The van der Waals surface area contributed by atoms with E-state index in [0.717, 1.165) is 0 Å². The summed E-state index contributed by atoms with van der Waals surface area (Å²) in [7, 11) is -7.86. The van der Waals surface area contributed by atoms with Gasteiger partial charge in [-0.05, 0) is 20.8 Å². The van der Waals surface area contributed by atoms with Gasteiger partial charge >= 0.3 is 15.6 Å². The van der Waals surface area contributed by atoms with Crippen LogP contribution in [-0.4, -0.2) is 34.5 Å². The first kappa shape index (κ1) is 22.8. The molecule has 0 amide bonds. The molecule has 0 aromatic heterocycles. The van der Waals surface area contributed by atoms with E-state index in [2.05, 4.69) is 0 Å². The zero-order chi connectivity index (χ0) is 13.2. The molecule has 0 fully saturated rings. The fourth-order valence-electron chi connectivity index (χ4n) is 0.586. The van der Waals surface area contributed by atoms with Gasteiger partial charge < -0.3 is 14.7 Å². The maximum absolute atomic E-state index is 11.3. The van der Waals surface area contributed by atoms with Gasteiger partial charge in [-0.15, -0.1) is 0 Å².